The van der Waals surface area contributed by atoms with Gasteiger partial charge < -0.3 is 20.8 Å². The van der Waals surface area contributed by atoms with Gasteiger partial charge in [-0.1, -0.05) is 18.6 Å². The molecule has 0 atom stereocenters. The Morgan fingerprint density at radius 3 is 1.97 bits per heavy atom. The third-order valence-corrected chi connectivity index (χ3v) is 4.88. The minimum Gasteiger partial charge on any atom is -0.508 e. The fourth-order valence-corrected chi connectivity index (χ4v) is 2.93. The number of nitriles is 1. The van der Waals surface area contributed by atoms with Gasteiger partial charge in [-0.2, -0.15) is 5.26 Å². The molecule has 0 saturated heterocycles. The second-order valence-corrected chi connectivity index (χ2v) is 7.05. The molecule has 1 aliphatic rings. The second kappa shape index (κ2) is 10.0. The number of hydrogen-bond acceptors (Lipinski definition) is 5. The molecule has 0 aromatic heterocycles. The van der Waals surface area contributed by atoms with Crippen molar-refractivity contribution in [1.82, 2.24) is 0 Å². The maximum absolute atomic E-state index is 9.14. The Morgan fingerprint density at radius 1 is 0.828 bits per heavy atom. The predicted octanol–water partition coefficient (Wildman–Crippen LogP) is 5.61. The van der Waals surface area contributed by atoms with E-state index in [0.29, 0.717) is 11.3 Å². The number of phenols is 2. The largest absolute Gasteiger partial charge is 0.508 e. The van der Waals surface area contributed by atoms with E-state index in [2.05, 4.69) is 16.7 Å². The van der Waals surface area contributed by atoms with Crippen LogP contribution in [-0.2, 0) is 0 Å². The second-order valence-electron chi connectivity index (χ2n) is 7.05. The van der Waals surface area contributed by atoms with Crippen LogP contribution in [0.15, 0.2) is 72.8 Å². The molecule has 5 nitrogen and oxygen atoms in total. The van der Waals surface area contributed by atoms with Crippen LogP contribution in [0.25, 0.3) is 0 Å². The molecule has 1 saturated carbocycles. The van der Waals surface area contributed by atoms with Crippen molar-refractivity contribution in [3.63, 3.8) is 0 Å². The van der Waals surface area contributed by atoms with Crippen molar-refractivity contribution < 1.29 is 10.2 Å². The summed E-state index contributed by atoms with van der Waals surface area (Å²) in [5, 5.41) is 33.6. The molecule has 3 aromatic carbocycles. The Bertz CT molecular complexity index is 943. The number of rotatable bonds is 5. The Hall–Kier alpha value is -3.65. The lowest BCUT2D eigenvalue weighted by atomic mass is 9.85. The highest BCUT2D eigenvalue weighted by atomic mass is 16.3. The predicted molar refractivity (Wildman–Crippen MR) is 116 cm³/mol. The SMILES string of the molecule is N#Cc1ccccc1Nc1ccc(O)cc1.Oc1ccc(NCC2CCC2)cc1. The molecule has 148 valence electrons. The number of aromatic hydroxyl groups is 2. The third kappa shape index (κ3) is 6.18. The molecule has 1 aliphatic carbocycles. The molecule has 3 aromatic rings. The molecule has 1 fully saturated rings. The van der Waals surface area contributed by atoms with Gasteiger partial charge >= 0.3 is 0 Å². The van der Waals surface area contributed by atoms with Crippen molar-refractivity contribution in [2.24, 2.45) is 5.92 Å². The molecular weight excluding hydrogens is 362 g/mol. The van der Waals surface area contributed by atoms with Gasteiger partial charge in [0.2, 0.25) is 0 Å². The van der Waals surface area contributed by atoms with Gasteiger partial charge in [-0.25, -0.2) is 0 Å². The standard InChI is InChI=1S/C13H10N2O.C11H15NO/c14-9-10-3-1-2-4-13(10)15-11-5-7-12(16)8-6-11;13-11-6-4-10(5-7-11)12-8-9-2-1-3-9/h1-8,15-16H;4-7,9,12-13H,1-3,8H2. The maximum Gasteiger partial charge on any atom is 0.115 e. The van der Waals surface area contributed by atoms with Crippen molar-refractivity contribution in [1.29, 1.82) is 5.26 Å². The van der Waals surface area contributed by atoms with E-state index in [1.54, 1.807) is 42.5 Å². The summed E-state index contributed by atoms with van der Waals surface area (Å²) in [5.41, 5.74) is 3.29. The first-order valence-electron chi connectivity index (χ1n) is 9.72. The normalized spacial score (nSPS) is 12.7. The summed E-state index contributed by atoms with van der Waals surface area (Å²) < 4.78 is 0. The van der Waals surface area contributed by atoms with Gasteiger partial charge in [0.1, 0.15) is 17.6 Å². The van der Waals surface area contributed by atoms with Gasteiger partial charge in [0.25, 0.3) is 0 Å². The molecule has 4 N–H and O–H groups in total. The number of nitrogens with zero attached hydrogens (tertiary/aromatic N) is 1. The Kier molecular flexibility index (Phi) is 6.96. The van der Waals surface area contributed by atoms with Crippen LogP contribution >= 0.6 is 0 Å². The Labute approximate surface area is 171 Å². The van der Waals surface area contributed by atoms with Gasteiger partial charge in [-0.3, -0.25) is 0 Å². The molecule has 29 heavy (non-hydrogen) atoms. The number of nitrogens with one attached hydrogen (secondary N) is 2. The molecule has 5 heteroatoms. The highest BCUT2D eigenvalue weighted by Crippen LogP contribution is 2.26. The van der Waals surface area contributed by atoms with Crippen LogP contribution in [0.3, 0.4) is 0 Å². The first-order valence-corrected chi connectivity index (χ1v) is 9.72. The van der Waals surface area contributed by atoms with Crippen LogP contribution in [0, 0.1) is 17.2 Å². The zero-order valence-electron chi connectivity index (χ0n) is 16.2. The zero-order chi connectivity index (χ0) is 20.5. The average molecular weight is 387 g/mol. The topological polar surface area (TPSA) is 88.3 Å². The minimum absolute atomic E-state index is 0.221. The van der Waals surface area contributed by atoms with Gasteiger partial charge in [-0.15, -0.1) is 0 Å². The number of benzene rings is 3. The lowest BCUT2D eigenvalue weighted by Gasteiger charge is -2.25. The highest BCUT2D eigenvalue weighted by Gasteiger charge is 2.16. The molecule has 0 unspecified atom stereocenters. The van der Waals surface area contributed by atoms with E-state index in [0.717, 1.165) is 29.5 Å². The highest BCUT2D eigenvalue weighted by molar-refractivity contribution is 5.66. The smallest absolute Gasteiger partial charge is 0.115 e. The van der Waals surface area contributed by atoms with Crippen LogP contribution in [0.2, 0.25) is 0 Å². The van der Waals surface area contributed by atoms with E-state index in [1.807, 2.05) is 30.3 Å². The van der Waals surface area contributed by atoms with Crippen molar-refractivity contribution in [2.75, 3.05) is 17.2 Å². The maximum atomic E-state index is 9.14. The summed E-state index contributed by atoms with van der Waals surface area (Å²) in [6.07, 6.45) is 4.12. The summed E-state index contributed by atoms with van der Waals surface area (Å²) >= 11 is 0. The first kappa shape index (κ1) is 20.1. The molecule has 0 amide bonds. The van der Waals surface area contributed by atoms with Gasteiger partial charge in [-0.05, 0) is 79.4 Å². The van der Waals surface area contributed by atoms with Crippen molar-refractivity contribution >= 4 is 17.1 Å². The van der Waals surface area contributed by atoms with E-state index >= 15 is 0 Å². The average Bonchev–Trinajstić information content (AvgIpc) is 2.71. The summed E-state index contributed by atoms with van der Waals surface area (Å²) in [5.74, 6) is 1.42. The lowest BCUT2D eigenvalue weighted by molar-refractivity contribution is 0.333. The van der Waals surface area contributed by atoms with E-state index in [1.165, 1.54) is 19.3 Å². The fourth-order valence-electron chi connectivity index (χ4n) is 2.93. The number of anilines is 3. The third-order valence-electron chi connectivity index (χ3n) is 4.88. The quantitative estimate of drug-likeness (QED) is 0.427. The Morgan fingerprint density at radius 2 is 1.41 bits per heavy atom. The monoisotopic (exact) mass is 387 g/mol. The first-order chi connectivity index (χ1) is 14.1. The molecule has 0 heterocycles. The molecule has 4 rings (SSSR count). The van der Waals surface area contributed by atoms with Crippen molar-refractivity contribution in [3.8, 4) is 17.6 Å². The van der Waals surface area contributed by atoms with E-state index in [-0.39, 0.29) is 5.75 Å². The van der Waals surface area contributed by atoms with Crippen LogP contribution < -0.4 is 10.6 Å². The van der Waals surface area contributed by atoms with Gasteiger partial charge in [0, 0.05) is 17.9 Å². The zero-order valence-corrected chi connectivity index (χ0v) is 16.2. The minimum atomic E-state index is 0.221. The van der Waals surface area contributed by atoms with Gasteiger partial charge in [0.15, 0.2) is 0 Å². The number of hydrogen-bond donors (Lipinski definition) is 4. The van der Waals surface area contributed by atoms with Crippen LogP contribution in [0.1, 0.15) is 24.8 Å². The fraction of sp³-hybridized carbons (Fsp3) is 0.208. The molecular formula is C24H25N3O2. The lowest BCUT2D eigenvalue weighted by Crippen LogP contribution is -2.20. The molecule has 0 aliphatic heterocycles. The Balaban J connectivity index is 0.000000169. The summed E-state index contributed by atoms with van der Waals surface area (Å²) in [4.78, 5) is 0. The molecule has 0 spiro atoms. The van der Waals surface area contributed by atoms with Gasteiger partial charge in [0.05, 0.1) is 11.3 Å². The summed E-state index contributed by atoms with van der Waals surface area (Å²) in [7, 11) is 0. The van der Waals surface area contributed by atoms with Crippen LogP contribution in [0.4, 0.5) is 17.1 Å². The van der Waals surface area contributed by atoms with Crippen LogP contribution in [0.5, 0.6) is 11.5 Å². The van der Waals surface area contributed by atoms with Crippen molar-refractivity contribution in [2.45, 2.75) is 19.3 Å². The van der Waals surface area contributed by atoms with E-state index < -0.39 is 0 Å². The molecule has 0 bridgehead atoms. The summed E-state index contributed by atoms with van der Waals surface area (Å²) in [6.45, 7) is 1.07. The number of phenolic OH excluding ortho intramolecular Hbond substituents is 2. The number of para-hydroxylation sites is 1. The van der Waals surface area contributed by atoms with E-state index in [4.69, 9.17) is 15.5 Å². The van der Waals surface area contributed by atoms with Crippen LogP contribution in [-0.4, -0.2) is 16.8 Å². The summed E-state index contributed by atoms with van der Waals surface area (Å²) in [6, 6.07) is 23.3. The molecule has 0 radical (unpaired) electrons. The van der Waals surface area contributed by atoms with Crippen molar-refractivity contribution in [3.05, 3.63) is 78.4 Å². The van der Waals surface area contributed by atoms with E-state index in [9.17, 15) is 0 Å².